The molecule has 0 aliphatic carbocycles. The summed E-state index contributed by atoms with van der Waals surface area (Å²) < 4.78 is 56.9. The summed E-state index contributed by atoms with van der Waals surface area (Å²) in [5.74, 6) is -0.968. The lowest BCUT2D eigenvalue weighted by atomic mass is 10.1. The molecule has 0 bridgehead atoms. The van der Waals surface area contributed by atoms with Gasteiger partial charge in [0, 0.05) is 11.6 Å². The number of hydrogen-bond acceptors (Lipinski definition) is 6. The van der Waals surface area contributed by atoms with Gasteiger partial charge in [0.2, 0.25) is 10.0 Å². The lowest BCUT2D eigenvalue weighted by Crippen LogP contribution is -2.36. The molecule has 0 radical (unpaired) electrons. The van der Waals surface area contributed by atoms with Crippen LogP contribution in [-0.2, 0) is 31.3 Å². The molecule has 11 heteroatoms. The molecule has 3 rings (SSSR count). The standard InChI is InChI=1S/C19H22N2O7S2/c1-11-4-7-17(13(3)19(11)28-10-18(22)23)30(26,27)21-12(2)8-14-9-15(29(20,24)25)5-6-16(14)21/h4-7,9,12H,8,10H2,1-3H3,(H,22,23)(H2,20,24,25). The fraction of sp³-hybridized carbons (Fsp3) is 0.316. The van der Waals surface area contributed by atoms with Crippen molar-refractivity contribution < 1.29 is 31.5 Å². The molecule has 0 saturated carbocycles. The number of carboxylic acid groups (broad SMARTS) is 1. The molecule has 1 aliphatic heterocycles. The summed E-state index contributed by atoms with van der Waals surface area (Å²) in [4.78, 5) is 10.8. The highest BCUT2D eigenvalue weighted by Gasteiger charge is 2.38. The number of aliphatic carboxylic acids is 1. The minimum Gasteiger partial charge on any atom is -0.481 e. The van der Waals surface area contributed by atoms with Gasteiger partial charge >= 0.3 is 5.97 Å². The van der Waals surface area contributed by atoms with Gasteiger partial charge in [0.25, 0.3) is 10.0 Å². The number of benzene rings is 2. The number of carboxylic acids is 1. The Labute approximate surface area is 175 Å². The van der Waals surface area contributed by atoms with E-state index in [0.717, 1.165) is 0 Å². The molecule has 0 saturated heterocycles. The van der Waals surface area contributed by atoms with Crippen molar-refractivity contribution in [2.75, 3.05) is 10.9 Å². The van der Waals surface area contributed by atoms with Crippen molar-refractivity contribution in [1.29, 1.82) is 0 Å². The summed E-state index contributed by atoms with van der Waals surface area (Å²) in [6.07, 6.45) is 0.325. The number of rotatable bonds is 6. The van der Waals surface area contributed by atoms with E-state index in [1.54, 1.807) is 26.8 Å². The Kier molecular flexibility index (Phi) is 5.56. The molecule has 0 aromatic heterocycles. The monoisotopic (exact) mass is 454 g/mol. The number of fused-ring (bicyclic) bond motifs is 1. The largest absolute Gasteiger partial charge is 0.481 e. The molecule has 2 aromatic rings. The second-order valence-electron chi connectivity index (χ2n) is 7.21. The van der Waals surface area contributed by atoms with E-state index in [0.29, 0.717) is 28.8 Å². The molecule has 1 atom stereocenters. The number of primary sulfonamides is 1. The third kappa shape index (κ3) is 3.87. The Morgan fingerprint density at radius 1 is 1.20 bits per heavy atom. The highest BCUT2D eigenvalue weighted by molar-refractivity contribution is 7.93. The zero-order chi connectivity index (χ0) is 22.4. The summed E-state index contributed by atoms with van der Waals surface area (Å²) in [6.45, 7) is 4.38. The van der Waals surface area contributed by atoms with Crippen LogP contribution in [0.1, 0.15) is 23.6 Å². The normalized spacial score (nSPS) is 16.4. The van der Waals surface area contributed by atoms with Crippen molar-refractivity contribution in [2.45, 2.75) is 43.0 Å². The first-order chi connectivity index (χ1) is 13.8. The zero-order valence-electron chi connectivity index (χ0n) is 16.6. The lowest BCUT2D eigenvalue weighted by molar-refractivity contribution is -0.139. The first-order valence-electron chi connectivity index (χ1n) is 8.99. The smallest absolute Gasteiger partial charge is 0.341 e. The topological polar surface area (TPSA) is 144 Å². The van der Waals surface area contributed by atoms with Gasteiger partial charge in [-0.3, -0.25) is 4.31 Å². The number of anilines is 1. The molecule has 1 heterocycles. The van der Waals surface area contributed by atoms with Crippen LogP contribution in [-0.4, -0.2) is 40.6 Å². The SMILES string of the molecule is Cc1ccc(S(=O)(=O)N2c3ccc(S(N)(=O)=O)cc3CC2C)c(C)c1OCC(=O)O. The van der Waals surface area contributed by atoms with Gasteiger partial charge in [0.05, 0.1) is 15.5 Å². The Hall–Kier alpha value is -2.63. The second kappa shape index (κ2) is 7.56. The highest BCUT2D eigenvalue weighted by Crippen LogP contribution is 2.40. The van der Waals surface area contributed by atoms with Crippen LogP contribution in [0.4, 0.5) is 5.69 Å². The van der Waals surface area contributed by atoms with Gasteiger partial charge in [-0.15, -0.1) is 0 Å². The first-order valence-corrected chi connectivity index (χ1v) is 12.0. The Balaban J connectivity index is 2.09. The van der Waals surface area contributed by atoms with Gasteiger partial charge in [0.15, 0.2) is 6.61 Å². The number of ether oxygens (including phenoxy) is 1. The minimum atomic E-state index is -4.03. The highest BCUT2D eigenvalue weighted by atomic mass is 32.2. The average molecular weight is 455 g/mol. The summed E-state index contributed by atoms with van der Waals surface area (Å²) in [5, 5.41) is 14.1. The van der Waals surface area contributed by atoms with E-state index >= 15 is 0 Å². The number of carbonyl (C=O) groups is 1. The molecule has 2 aromatic carbocycles. The summed E-state index contributed by atoms with van der Waals surface area (Å²) in [7, 11) is -7.94. The second-order valence-corrected chi connectivity index (χ2v) is 10.6. The zero-order valence-corrected chi connectivity index (χ0v) is 18.2. The Bertz CT molecular complexity index is 1240. The van der Waals surface area contributed by atoms with Crippen molar-refractivity contribution in [2.24, 2.45) is 5.14 Å². The van der Waals surface area contributed by atoms with Crippen molar-refractivity contribution >= 4 is 31.7 Å². The fourth-order valence-corrected chi connectivity index (χ4v) is 6.15. The Morgan fingerprint density at radius 3 is 2.47 bits per heavy atom. The third-order valence-electron chi connectivity index (χ3n) is 4.96. The number of nitrogens with zero attached hydrogens (tertiary/aromatic N) is 1. The predicted octanol–water partition coefficient (Wildman–Crippen LogP) is 1.55. The van der Waals surface area contributed by atoms with E-state index in [1.807, 2.05) is 0 Å². The van der Waals surface area contributed by atoms with Crippen LogP contribution in [0, 0.1) is 13.8 Å². The maximum absolute atomic E-state index is 13.5. The Morgan fingerprint density at radius 2 is 1.87 bits per heavy atom. The van der Waals surface area contributed by atoms with Crippen molar-refractivity contribution in [3.8, 4) is 5.75 Å². The van der Waals surface area contributed by atoms with E-state index < -0.39 is 38.7 Å². The number of nitrogens with two attached hydrogens (primary N) is 1. The van der Waals surface area contributed by atoms with E-state index in [1.165, 1.54) is 28.6 Å². The minimum absolute atomic E-state index is 0.0105. The van der Waals surface area contributed by atoms with Gasteiger partial charge in [-0.2, -0.15) is 0 Å². The molecule has 9 nitrogen and oxygen atoms in total. The lowest BCUT2D eigenvalue weighted by Gasteiger charge is -2.26. The number of aryl methyl sites for hydroxylation is 1. The van der Waals surface area contributed by atoms with Crippen LogP contribution in [0.3, 0.4) is 0 Å². The molecule has 1 unspecified atom stereocenters. The van der Waals surface area contributed by atoms with Crippen molar-refractivity contribution in [1.82, 2.24) is 0 Å². The van der Waals surface area contributed by atoms with Gasteiger partial charge in [-0.1, -0.05) is 6.07 Å². The van der Waals surface area contributed by atoms with E-state index in [4.69, 9.17) is 15.0 Å². The molecular weight excluding hydrogens is 432 g/mol. The van der Waals surface area contributed by atoms with E-state index in [-0.39, 0.29) is 15.5 Å². The van der Waals surface area contributed by atoms with Crippen LogP contribution in [0.5, 0.6) is 5.75 Å². The molecule has 3 N–H and O–H groups in total. The van der Waals surface area contributed by atoms with Gasteiger partial charge in [-0.25, -0.2) is 26.8 Å². The molecular formula is C19H22N2O7S2. The van der Waals surface area contributed by atoms with Crippen LogP contribution < -0.4 is 14.2 Å². The van der Waals surface area contributed by atoms with Crippen molar-refractivity contribution in [3.05, 3.63) is 47.0 Å². The third-order valence-corrected chi connectivity index (χ3v) is 7.95. The molecule has 0 spiro atoms. The van der Waals surface area contributed by atoms with Crippen LogP contribution in [0.2, 0.25) is 0 Å². The maximum atomic E-state index is 13.5. The fourth-order valence-electron chi connectivity index (χ4n) is 3.67. The van der Waals surface area contributed by atoms with Crippen molar-refractivity contribution in [3.63, 3.8) is 0 Å². The predicted molar refractivity (Wildman–Crippen MR) is 110 cm³/mol. The van der Waals surface area contributed by atoms with Crippen LogP contribution in [0.25, 0.3) is 0 Å². The molecule has 30 heavy (non-hydrogen) atoms. The molecule has 0 fully saturated rings. The van der Waals surface area contributed by atoms with Gasteiger partial charge in [0.1, 0.15) is 5.75 Å². The molecule has 1 aliphatic rings. The number of hydrogen-bond donors (Lipinski definition) is 2. The number of sulfonamides is 2. The molecule has 0 amide bonds. The van der Waals surface area contributed by atoms with Crippen LogP contribution in [0.15, 0.2) is 40.1 Å². The van der Waals surface area contributed by atoms with E-state index in [9.17, 15) is 21.6 Å². The first kappa shape index (κ1) is 22.1. The summed E-state index contributed by atoms with van der Waals surface area (Å²) >= 11 is 0. The van der Waals surface area contributed by atoms with Crippen LogP contribution >= 0.6 is 0 Å². The quantitative estimate of drug-likeness (QED) is 0.674. The average Bonchev–Trinajstić information content (AvgIpc) is 2.95. The molecule has 162 valence electrons. The van der Waals surface area contributed by atoms with E-state index in [2.05, 4.69) is 0 Å². The summed E-state index contributed by atoms with van der Waals surface area (Å²) in [5.41, 5.74) is 1.85. The van der Waals surface area contributed by atoms with Gasteiger partial charge < -0.3 is 9.84 Å². The van der Waals surface area contributed by atoms with Gasteiger partial charge in [-0.05, 0) is 62.6 Å². The maximum Gasteiger partial charge on any atom is 0.341 e. The summed E-state index contributed by atoms with van der Waals surface area (Å²) in [6, 6.07) is 6.66.